The van der Waals surface area contributed by atoms with Crippen LogP contribution in [0.25, 0.3) is 0 Å². The van der Waals surface area contributed by atoms with Crippen molar-refractivity contribution in [2.45, 2.75) is 18.9 Å². The number of rotatable bonds is 6. The highest BCUT2D eigenvalue weighted by Crippen LogP contribution is 2.29. The van der Waals surface area contributed by atoms with E-state index in [-0.39, 0.29) is 29.1 Å². The first-order valence-corrected chi connectivity index (χ1v) is 10.1. The number of anilines is 1. The summed E-state index contributed by atoms with van der Waals surface area (Å²) in [6.45, 7) is 1.46. The quantitative estimate of drug-likeness (QED) is 0.727. The van der Waals surface area contributed by atoms with Gasteiger partial charge in [-0.25, -0.2) is 0 Å². The molecule has 2 amide bonds. The van der Waals surface area contributed by atoms with Gasteiger partial charge in [0.2, 0.25) is 5.91 Å². The third kappa shape index (κ3) is 5.55. The van der Waals surface area contributed by atoms with Crippen molar-refractivity contribution in [2.75, 3.05) is 31.6 Å². The molecule has 0 aromatic heterocycles. The third-order valence-corrected chi connectivity index (χ3v) is 5.35. The molecule has 6 nitrogen and oxygen atoms in total. The normalized spacial score (nSPS) is 16.2. The van der Waals surface area contributed by atoms with Gasteiger partial charge in [-0.1, -0.05) is 35.3 Å². The Bertz CT molecular complexity index is 891. The van der Waals surface area contributed by atoms with E-state index in [0.717, 1.165) is 30.8 Å². The molecule has 1 fully saturated rings. The van der Waals surface area contributed by atoms with E-state index in [2.05, 4.69) is 15.5 Å². The maximum Gasteiger partial charge on any atom is 0.253 e. The van der Waals surface area contributed by atoms with Crippen molar-refractivity contribution in [3.8, 4) is 5.75 Å². The smallest absolute Gasteiger partial charge is 0.253 e. The number of benzene rings is 2. The molecule has 0 saturated carbocycles. The number of hydrogen-bond donors (Lipinski definition) is 2. The first kappa shape index (κ1) is 21.3. The van der Waals surface area contributed by atoms with E-state index in [9.17, 15) is 9.59 Å². The minimum atomic E-state index is -0.416. The van der Waals surface area contributed by atoms with Crippen LogP contribution < -0.4 is 20.3 Å². The zero-order valence-electron chi connectivity index (χ0n) is 16.1. The lowest BCUT2D eigenvalue weighted by Crippen LogP contribution is -2.50. The number of nitrogens with one attached hydrogen (secondary N) is 2. The fraction of sp³-hybridized carbons (Fsp3) is 0.333. The van der Waals surface area contributed by atoms with Crippen LogP contribution >= 0.6 is 23.2 Å². The Labute approximate surface area is 180 Å². The fourth-order valence-corrected chi connectivity index (χ4v) is 3.91. The first-order chi connectivity index (χ1) is 14.0. The Morgan fingerprint density at radius 1 is 1.21 bits per heavy atom. The maximum atomic E-state index is 12.3. The van der Waals surface area contributed by atoms with Gasteiger partial charge in [-0.15, -0.1) is 0 Å². The topological polar surface area (TPSA) is 70.7 Å². The lowest BCUT2D eigenvalue weighted by molar-refractivity contribution is -0.120. The summed E-state index contributed by atoms with van der Waals surface area (Å²) in [5, 5.41) is 6.29. The van der Waals surface area contributed by atoms with Gasteiger partial charge in [-0.05, 0) is 43.2 Å². The van der Waals surface area contributed by atoms with Crippen molar-refractivity contribution in [1.29, 1.82) is 0 Å². The molecule has 2 aromatic rings. The molecule has 0 radical (unpaired) electrons. The molecule has 1 saturated heterocycles. The van der Waals surface area contributed by atoms with E-state index < -0.39 is 5.91 Å². The van der Waals surface area contributed by atoms with Crippen LogP contribution in [0.1, 0.15) is 23.2 Å². The molecule has 1 aliphatic rings. The second kappa shape index (κ2) is 9.85. The summed E-state index contributed by atoms with van der Waals surface area (Å²) in [5.41, 5.74) is 1.29. The van der Waals surface area contributed by atoms with Crippen molar-refractivity contribution in [1.82, 2.24) is 10.6 Å². The number of halogens is 2. The number of hydrogen-bond acceptors (Lipinski definition) is 4. The van der Waals surface area contributed by atoms with E-state index in [1.54, 1.807) is 13.2 Å². The highest BCUT2D eigenvalue weighted by molar-refractivity contribution is 6.36. The van der Waals surface area contributed by atoms with Gasteiger partial charge in [0.25, 0.3) is 5.91 Å². The molecule has 2 aromatic carbocycles. The molecular formula is C21H23Cl2N3O3. The lowest BCUT2D eigenvalue weighted by Gasteiger charge is -2.35. The molecule has 2 N–H and O–H groups in total. The van der Waals surface area contributed by atoms with Crippen molar-refractivity contribution in [2.24, 2.45) is 0 Å². The maximum absolute atomic E-state index is 12.3. The molecule has 1 atom stereocenters. The Morgan fingerprint density at radius 3 is 2.76 bits per heavy atom. The molecule has 154 valence electrons. The van der Waals surface area contributed by atoms with Crippen LogP contribution in [0.3, 0.4) is 0 Å². The van der Waals surface area contributed by atoms with E-state index in [1.165, 1.54) is 12.1 Å². The highest BCUT2D eigenvalue weighted by Gasteiger charge is 2.23. The van der Waals surface area contributed by atoms with Gasteiger partial charge in [0.15, 0.2) is 0 Å². The summed E-state index contributed by atoms with van der Waals surface area (Å²) >= 11 is 11.9. The molecule has 1 aliphatic heterocycles. The minimum absolute atomic E-state index is 0.00261. The average Bonchev–Trinajstić information content (AvgIpc) is 2.72. The highest BCUT2D eigenvalue weighted by atomic mass is 35.5. The van der Waals surface area contributed by atoms with Crippen LogP contribution in [0, 0.1) is 0 Å². The van der Waals surface area contributed by atoms with Gasteiger partial charge >= 0.3 is 0 Å². The van der Waals surface area contributed by atoms with Crippen molar-refractivity contribution < 1.29 is 14.3 Å². The summed E-state index contributed by atoms with van der Waals surface area (Å²) in [6.07, 6.45) is 1.84. The van der Waals surface area contributed by atoms with Gasteiger partial charge in [-0.3, -0.25) is 9.59 Å². The first-order valence-electron chi connectivity index (χ1n) is 9.38. The van der Waals surface area contributed by atoms with E-state index in [1.807, 2.05) is 24.3 Å². The second-order valence-corrected chi connectivity index (χ2v) is 7.68. The standard InChI is InChI=1S/C21H23Cl2N3O3/c1-29-19-7-3-2-6-18(19)26-10-4-5-15(13-26)25-20(27)12-24-21(28)16-9-8-14(22)11-17(16)23/h2-3,6-9,11,15H,4-5,10,12-13H2,1H3,(H,24,28)(H,25,27). The summed E-state index contributed by atoms with van der Waals surface area (Å²) in [6, 6.07) is 12.4. The number of carbonyl (C=O) groups is 2. The van der Waals surface area contributed by atoms with Gasteiger partial charge in [0.05, 0.1) is 29.9 Å². The number of piperidine rings is 1. The van der Waals surface area contributed by atoms with Crippen molar-refractivity contribution in [3.05, 3.63) is 58.1 Å². The van der Waals surface area contributed by atoms with Gasteiger partial charge in [-0.2, -0.15) is 0 Å². The number of para-hydroxylation sites is 2. The molecule has 0 aliphatic carbocycles. The largest absolute Gasteiger partial charge is 0.495 e. The molecule has 0 bridgehead atoms. The molecule has 1 unspecified atom stereocenters. The van der Waals surface area contributed by atoms with E-state index in [4.69, 9.17) is 27.9 Å². The van der Waals surface area contributed by atoms with Crippen LogP contribution in [-0.4, -0.2) is 44.6 Å². The van der Waals surface area contributed by atoms with Crippen LogP contribution in [-0.2, 0) is 4.79 Å². The van der Waals surface area contributed by atoms with Crippen molar-refractivity contribution >= 4 is 40.7 Å². The van der Waals surface area contributed by atoms with E-state index in [0.29, 0.717) is 11.6 Å². The number of carbonyl (C=O) groups excluding carboxylic acids is 2. The predicted octanol–water partition coefficient (Wildman–Crippen LogP) is 3.52. The molecule has 3 rings (SSSR count). The Balaban J connectivity index is 1.53. The summed E-state index contributed by atoms with van der Waals surface area (Å²) in [7, 11) is 1.65. The number of methoxy groups -OCH3 is 1. The molecule has 1 heterocycles. The summed E-state index contributed by atoms with van der Waals surface area (Å²) in [4.78, 5) is 26.8. The number of amides is 2. The fourth-order valence-electron chi connectivity index (χ4n) is 3.41. The average molecular weight is 436 g/mol. The van der Waals surface area contributed by atoms with Crippen LogP contribution in [0.2, 0.25) is 10.0 Å². The molecule has 0 spiro atoms. The Kier molecular flexibility index (Phi) is 7.23. The zero-order chi connectivity index (χ0) is 20.8. The van der Waals surface area contributed by atoms with Crippen LogP contribution in [0.5, 0.6) is 5.75 Å². The van der Waals surface area contributed by atoms with Crippen LogP contribution in [0.15, 0.2) is 42.5 Å². The van der Waals surface area contributed by atoms with Gasteiger partial charge in [0.1, 0.15) is 5.75 Å². The molecule has 8 heteroatoms. The van der Waals surface area contributed by atoms with Gasteiger partial charge < -0.3 is 20.3 Å². The molecular weight excluding hydrogens is 413 g/mol. The third-order valence-electron chi connectivity index (χ3n) is 4.80. The minimum Gasteiger partial charge on any atom is -0.495 e. The summed E-state index contributed by atoms with van der Waals surface area (Å²) in [5.74, 6) is 0.156. The predicted molar refractivity (Wildman–Crippen MR) is 115 cm³/mol. The van der Waals surface area contributed by atoms with Crippen molar-refractivity contribution in [3.63, 3.8) is 0 Å². The number of nitrogens with zero attached hydrogens (tertiary/aromatic N) is 1. The molecule has 29 heavy (non-hydrogen) atoms. The second-order valence-electron chi connectivity index (χ2n) is 6.83. The monoisotopic (exact) mass is 435 g/mol. The zero-order valence-corrected chi connectivity index (χ0v) is 17.6. The number of ether oxygens (including phenoxy) is 1. The SMILES string of the molecule is COc1ccccc1N1CCCC(NC(=O)CNC(=O)c2ccc(Cl)cc2Cl)C1. The van der Waals surface area contributed by atoms with Crippen LogP contribution in [0.4, 0.5) is 5.69 Å². The summed E-state index contributed by atoms with van der Waals surface area (Å²) < 4.78 is 5.44. The lowest BCUT2D eigenvalue weighted by atomic mass is 10.0. The Morgan fingerprint density at radius 2 is 2.00 bits per heavy atom. The Hall–Kier alpha value is -2.44. The van der Waals surface area contributed by atoms with Gasteiger partial charge in [0, 0.05) is 24.2 Å². The van der Waals surface area contributed by atoms with E-state index >= 15 is 0 Å².